The van der Waals surface area contributed by atoms with Gasteiger partial charge in [-0.2, -0.15) is 13.2 Å². The quantitative estimate of drug-likeness (QED) is 0.178. The molecule has 0 saturated heterocycles. The molecule has 1 N–H and O–H groups in total. The Labute approximate surface area is 253 Å². The number of hydrogen-bond acceptors (Lipinski definition) is 5. The second-order valence-electron chi connectivity index (χ2n) is 9.99. The molecule has 0 heterocycles. The zero-order chi connectivity index (χ0) is 31.7. The van der Waals surface area contributed by atoms with Gasteiger partial charge in [0.1, 0.15) is 12.5 Å². The summed E-state index contributed by atoms with van der Waals surface area (Å²) in [5, 5.41) is 2.90. The van der Waals surface area contributed by atoms with Gasteiger partial charge in [-0.05, 0) is 65.4 Å². The number of amides is 1. The molecule has 1 unspecified atom stereocenters. The molecule has 0 bridgehead atoms. The van der Waals surface area contributed by atoms with Crippen LogP contribution < -0.4 is 5.32 Å². The average molecular weight is 604 g/mol. The molecule has 0 aliphatic heterocycles. The number of halogens is 3. The minimum absolute atomic E-state index is 0.0394. The molecule has 228 valence electrons. The fourth-order valence-electron chi connectivity index (χ4n) is 4.76. The molecule has 4 aromatic rings. The average Bonchev–Trinajstić information content (AvgIpc) is 3.02. The largest absolute Gasteiger partial charge is 0.465 e. The van der Waals surface area contributed by atoms with Gasteiger partial charge in [0.25, 0.3) is 5.91 Å². The Morgan fingerprint density at radius 1 is 0.818 bits per heavy atom. The van der Waals surface area contributed by atoms with Gasteiger partial charge in [-0.1, -0.05) is 79.7 Å². The first-order valence-corrected chi connectivity index (χ1v) is 14.2. The van der Waals surface area contributed by atoms with Crippen molar-refractivity contribution in [2.45, 2.75) is 38.8 Å². The number of ether oxygens (including phenoxy) is 2. The topological polar surface area (TPSA) is 81.7 Å². The predicted molar refractivity (Wildman–Crippen MR) is 161 cm³/mol. The zero-order valence-electron chi connectivity index (χ0n) is 24.3. The highest BCUT2D eigenvalue weighted by molar-refractivity contribution is 6.09. The molecule has 0 aliphatic rings. The lowest BCUT2D eigenvalue weighted by atomic mass is 9.97. The molecule has 0 spiro atoms. The number of aryl methyl sites for hydroxylation is 1. The van der Waals surface area contributed by atoms with Gasteiger partial charge in [-0.15, -0.1) is 0 Å². The van der Waals surface area contributed by atoms with E-state index in [0.717, 1.165) is 17.7 Å². The fourth-order valence-corrected chi connectivity index (χ4v) is 4.76. The van der Waals surface area contributed by atoms with Crippen LogP contribution in [-0.2, 0) is 38.1 Å². The van der Waals surface area contributed by atoms with Crippen molar-refractivity contribution < 1.29 is 37.0 Å². The van der Waals surface area contributed by atoms with Crippen molar-refractivity contribution in [1.82, 2.24) is 0 Å². The molecule has 6 nitrogen and oxygen atoms in total. The molecule has 9 heteroatoms. The van der Waals surface area contributed by atoms with E-state index in [2.05, 4.69) is 5.32 Å². The number of hydrogen-bond donors (Lipinski definition) is 1. The molecule has 4 rings (SSSR count). The summed E-state index contributed by atoms with van der Waals surface area (Å²) >= 11 is 0. The Bertz CT molecular complexity index is 1600. The highest BCUT2D eigenvalue weighted by atomic mass is 19.4. The maximum absolute atomic E-state index is 13.3. The van der Waals surface area contributed by atoms with E-state index in [1.165, 1.54) is 12.1 Å². The summed E-state index contributed by atoms with van der Waals surface area (Å²) in [5.74, 6) is -2.15. The Hall–Kier alpha value is -4.92. The van der Waals surface area contributed by atoms with Crippen molar-refractivity contribution in [3.63, 3.8) is 0 Å². The second kappa shape index (κ2) is 14.5. The maximum Gasteiger partial charge on any atom is 0.416 e. The Morgan fingerprint density at radius 3 is 2.16 bits per heavy atom. The zero-order valence-corrected chi connectivity index (χ0v) is 24.3. The van der Waals surface area contributed by atoms with Gasteiger partial charge < -0.3 is 14.8 Å². The Morgan fingerprint density at radius 2 is 1.50 bits per heavy atom. The smallest absolute Gasteiger partial charge is 0.416 e. The Balaban J connectivity index is 1.44. The summed E-state index contributed by atoms with van der Waals surface area (Å²) in [6.07, 6.45) is -3.94. The monoisotopic (exact) mass is 603 g/mol. The van der Waals surface area contributed by atoms with Gasteiger partial charge in [0.2, 0.25) is 0 Å². The molecular weight excluding hydrogens is 571 g/mol. The van der Waals surface area contributed by atoms with Gasteiger partial charge in [0.15, 0.2) is 0 Å². The van der Waals surface area contributed by atoms with Crippen molar-refractivity contribution in [3.05, 3.63) is 125 Å². The standard InChI is InChI=1S/C35H32F3NO5/c1-3-24-20-23(21-32(40)44-22-30(34(42)43-4-2)25-10-6-5-7-11-25)14-19-31(24)39-33(41)29-13-9-8-12-28(29)26-15-17-27(18-16-26)35(36,37)38/h5-20,30H,3-4,21-22H2,1-2H3,(H,39,41). The number of nitrogens with one attached hydrogen (secondary N) is 1. The molecule has 0 fully saturated rings. The van der Waals surface area contributed by atoms with Crippen molar-refractivity contribution in [2.24, 2.45) is 0 Å². The van der Waals surface area contributed by atoms with E-state index in [0.29, 0.717) is 39.9 Å². The van der Waals surface area contributed by atoms with Crippen LogP contribution in [0, 0.1) is 0 Å². The summed E-state index contributed by atoms with van der Waals surface area (Å²) in [6.45, 7) is 3.67. The first-order valence-electron chi connectivity index (χ1n) is 14.2. The molecule has 1 amide bonds. The van der Waals surface area contributed by atoms with E-state index in [1.54, 1.807) is 73.7 Å². The van der Waals surface area contributed by atoms with Crippen LogP contribution in [0.15, 0.2) is 97.1 Å². The van der Waals surface area contributed by atoms with Gasteiger partial charge in [-0.25, -0.2) is 0 Å². The molecule has 0 aliphatic carbocycles. The minimum Gasteiger partial charge on any atom is -0.465 e. The number of carbonyl (C=O) groups is 3. The van der Waals surface area contributed by atoms with Crippen LogP contribution in [0.1, 0.15) is 52.4 Å². The van der Waals surface area contributed by atoms with E-state index in [1.807, 2.05) is 13.0 Å². The summed E-state index contributed by atoms with van der Waals surface area (Å²) in [4.78, 5) is 38.5. The minimum atomic E-state index is -4.46. The van der Waals surface area contributed by atoms with Crippen molar-refractivity contribution >= 4 is 23.5 Å². The molecule has 1 atom stereocenters. The normalized spacial score (nSPS) is 11.8. The summed E-state index contributed by atoms with van der Waals surface area (Å²) in [6, 6.07) is 25.5. The van der Waals surface area contributed by atoms with Crippen LogP contribution >= 0.6 is 0 Å². The van der Waals surface area contributed by atoms with Gasteiger partial charge >= 0.3 is 18.1 Å². The molecule has 4 aromatic carbocycles. The predicted octanol–water partition coefficient (Wildman–Crippen LogP) is 7.62. The van der Waals surface area contributed by atoms with E-state index >= 15 is 0 Å². The van der Waals surface area contributed by atoms with Crippen LogP contribution in [0.4, 0.5) is 18.9 Å². The number of rotatable bonds is 11. The number of anilines is 1. The third-order valence-electron chi connectivity index (χ3n) is 7.03. The highest BCUT2D eigenvalue weighted by Gasteiger charge is 2.30. The first-order chi connectivity index (χ1) is 21.1. The highest BCUT2D eigenvalue weighted by Crippen LogP contribution is 2.32. The molecule has 0 aromatic heterocycles. The number of esters is 2. The molecule has 0 saturated carbocycles. The third kappa shape index (κ3) is 8.12. The van der Waals surface area contributed by atoms with Gasteiger partial charge in [0.05, 0.1) is 18.6 Å². The van der Waals surface area contributed by atoms with E-state index in [-0.39, 0.29) is 19.6 Å². The van der Waals surface area contributed by atoms with Crippen LogP contribution in [0.25, 0.3) is 11.1 Å². The number of carbonyl (C=O) groups excluding carboxylic acids is 3. The van der Waals surface area contributed by atoms with E-state index in [9.17, 15) is 27.6 Å². The van der Waals surface area contributed by atoms with Crippen LogP contribution in [0.5, 0.6) is 0 Å². The molecule has 44 heavy (non-hydrogen) atoms. The summed E-state index contributed by atoms with van der Waals surface area (Å²) in [7, 11) is 0. The number of alkyl halides is 3. The lowest BCUT2D eigenvalue weighted by molar-refractivity contribution is -0.150. The number of benzene rings is 4. The molecule has 0 radical (unpaired) electrons. The van der Waals surface area contributed by atoms with Gasteiger partial charge in [-0.3, -0.25) is 14.4 Å². The lowest BCUT2D eigenvalue weighted by Crippen LogP contribution is -2.23. The van der Waals surface area contributed by atoms with Crippen LogP contribution in [-0.4, -0.2) is 31.1 Å². The fraction of sp³-hybridized carbons (Fsp3) is 0.229. The van der Waals surface area contributed by atoms with E-state index in [4.69, 9.17) is 9.47 Å². The van der Waals surface area contributed by atoms with Crippen molar-refractivity contribution in [2.75, 3.05) is 18.5 Å². The Kier molecular flexibility index (Phi) is 10.6. The van der Waals surface area contributed by atoms with Crippen molar-refractivity contribution in [1.29, 1.82) is 0 Å². The van der Waals surface area contributed by atoms with Gasteiger partial charge in [0, 0.05) is 11.3 Å². The summed E-state index contributed by atoms with van der Waals surface area (Å²) < 4.78 is 49.7. The SMILES string of the molecule is CCOC(=O)C(COC(=O)Cc1ccc(NC(=O)c2ccccc2-c2ccc(C(F)(F)F)cc2)c(CC)c1)c1ccccc1. The lowest BCUT2D eigenvalue weighted by Gasteiger charge is -2.17. The third-order valence-corrected chi connectivity index (χ3v) is 7.03. The summed E-state index contributed by atoms with van der Waals surface area (Å²) in [5.41, 5.74) is 3.19. The van der Waals surface area contributed by atoms with Crippen molar-refractivity contribution in [3.8, 4) is 11.1 Å². The van der Waals surface area contributed by atoms with Crippen LogP contribution in [0.3, 0.4) is 0 Å². The first kappa shape index (κ1) is 32.0. The molecular formula is C35H32F3NO5. The second-order valence-corrected chi connectivity index (χ2v) is 9.99. The maximum atomic E-state index is 13.3. The van der Waals surface area contributed by atoms with Crippen LogP contribution in [0.2, 0.25) is 0 Å². The van der Waals surface area contributed by atoms with E-state index < -0.39 is 35.5 Å².